The van der Waals surface area contributed by atoms with Gasteiger partial charge < -0.3 is 15.5 Å². The van der Waals surface area contributed by atoms with Gasteiger partial charge in [0.1, 0.15) is 18.0 Å². The van der Waals surface area contributed by atoms with E-state index < -0.39 is 48.3 Å². The predicted octanol–water partition coefficient (Wildman–Crippen LogP) is -0.391. The molecule has 1 fully saturated rings. The molecule has 2 N–H and O–H groups in total. The number of imide groups is 1. The molecule has 0 aromatic carbocycles. The fourth-order valence-corrected chi connectivity index (χ4v) is 1.78. The Balaban J connectivity index is 2.57. The first-order chi connectivity index (χ1) is 10.1. The molecule has 9 nitrogen and oxygen atoms in total. The van der Waals surface area contributed by atoms with Gasteiger partial charge in [0.2, 0.25) is 0 Å². The highest BCUT2D eigenvalue weighted by Crippen LogP contribution is 2.16. The Morgan fingerprint density at radius 1 is 1.45 bits per heavy atom. The normalized spacial score (nSPS) is 17.5. The van der Waals surface area contributed by atoms with Crippen molar-refractivity contribution < 1.29 is 23.9 Å². The lowest BCUT2D eigenvalue weighted by molar-refractivity contribution is -0.150. The van der Waals surface area contributed by atoms with Crippen LogP contribution in [0.5, 0.6) is 0 Å². The van der Waals surface area contributed by atoms with Gasteiger partial charge in [-0.1, -0.05) is 0 Å². The van der Waals surface area contributed by atoms with Gasteiger partial charge in [0.15, 0.2) is 12.4 Å². The third-order valence-electron chi connectivity index (χ3n) is 2.99. The van der Waals surface area contributed by atoms with Crippen molar-refractivity contribution in [1.29, 1.82) is 10.7 Å². The summed E-state index contributed by atoms with van der Waals surface area (Å²) in [5.74, 6) is -3.54. The second kappa shape index (κ2) is 6.34. The number of ether oxygens (including phenoxy) is 1. The minimum absolute atomic E-state index is 0.153. The Bertz CT molecular complexity index is 590. The maximum absolute atomic E-state index is 11.9. The van der Waals surface area contributed by atoms with Crippen LogP contribution in [0.2, 0.25) is 0 Å². The molecule has 1 heterocycles. The fourth-order valence-electron chi connectivity index (χ4n) is 1.78. The van der Waals surface area contributed by atoms with Crippen LogP contribution in [0.15, 0.2) is 0 Å². The summed E-state index contributed by atoms with van der Waals surface area (Å²) in [6.45, 7) is 2.96. The Hall–Kier alpha value is -2.76. The number of carbonyl (C=O) groups excluding carboxylic acids is 4. The van der Waals surface area contributed by atoms with Crippen molar-refractivity contribution >= 4 is 29.4 Å². The van der Waals surface area contributed by atoms with Gasteiger partial charge >= 0.3 is 12.0 Å². The Labute approximate surface area is 126 Å². The van der Waals surface area contributed by atoms with Crippen LogP contribution in [0.3, 0.4) is 0 Å². The van der Waals surface area contributed by atoms with E-state index in [-0.39, 0.29) is 5.71 Å². The molecular weight excluding hydrogens is 292 g/mol. The summed E-state index contributed by atoms with van der Waals surface area (Å²) in [6, 6.07) is 0.910. The summed E-state index contributed by atoms with van der Waals surface area (Å²) < 4.78 is 4.65. The molecule has 0 aromatic rings. The van der Waals surface area contributed by atoms with Gasteiger partial charge in [-0.15, -0.1) is 0 Å². The summed E-state index contributed by atoms with van der Waals surface area (Å²) in [7, 11) is 0. The van der Waals surface area contributed by atoms with Crippen molar-refractivity contribution in [3.63, 3.8) is 0 Å². The number of nitrogens with one attached hydrogen (secondary N) is 2. The molecule has 0 radical (unpaired) electrons. The standard InChI is InChI=1S/C13H16N4O5/c1-7(15)8(4-14)9(18)6-22-10(19)5-17-11(20)13(2,3)16-12(17)21/h8,15H,5-6H2,1-3H3,(H,16,21). The SMILES string of the molecule is CC(=N)C(C#N)C(=O)COC(=O)CN1C(=O)NC(C)(C)C1=O. The zero-order valence-corrected chi connectivity index (χ0v) is 12.4. The van der Waals surface area contributed by atoms with Crippen LogP contribution in [0.1, 0.15) is 20.8 Å². The number of ketones is 1. The van der Waals surface area contributed by atoms with Crippen LogP contribution in [-0.2, 0) is 19.1 Å². The van der Waals surface area contributed by atoms with Gasteiger partial charge in [-0.05, 0) is 20.8 Å². The second-order valence-electron chi connectivity index (χ2n) is 5.32. The highest BCUT2D eigenvalue weighted by atomic mass is 16.5. The molecule has 1 aliphatic rings. The quantitative estimate of drug-likeness (QED) is 0.389. The van der Waals surface area contributed by atoms with Crippen LogP contribution in [0.4, 0.5) is 4.79 Å². The number of hydrogen-bond acceptors (Lipinski definition) is 7. The molecule has 1 saturated heterocycles. The third-order valence-corrected chi connectivity index (χ3v) is 2.99. The van der Waals surface area contributed by atoms with Crippen LogP contribution in [0, 0.1) is 22.7 Å². The summed E-state index contributed by atoms with van der Waals surface area (Å²) in [4.78, 5) is 47.3. The second-order valence-corrected chi connectivity index (χ2v) is 5.32. The number of amides is 3. The Kier molecular flexibility index (Phi) is 4.98. The van der Waals surface area contributed by atoms with Gasteiger partial charge in [-0.25, -0.2) is 4.79 Å². The smallest absolute Gasteiger partial charge is 0.326 e. The number of hydrogen-bond donors (Lipinski definition) is 2. The van der Waals surface area contributed by atoms with E-state index in [1.165, 1.54) is 20.8 Å². The molecule has 0 bridgehead atoms. The van der Waals surface area contributed by atoms with Gasteiger partial charge in [0.05, 0.1) is 6.07 Å². The Morgan fingerprint density at radius 2 is 2.05 bits per heavy atom. The lowest BCUT2D eigenvalue weighted by Gasteiger charge is -2.15. The highest BCUT2D eigenvalue weighted by Gasteiger charge is 2.45. The third kappa shape index (κ3) is 3.66. The summed E-state index contributed by atoms with van der Waals surface area (Å²) in [5, 5.41) is 18.4. The molecule has 0 spiro atoms. The first kappa shape index (κ1) is 17.3. The topological polar surface area (TPSA) is 140 Å². The van der Waals surface area contributed by atoms with Crippen molar-refractivity contribution in [2.24, 2.45) is 5.92 Å². The van der Waals surface area contributed by atoms with Crippen molar-refractivity contribution in [2.75, 3.05) is 13.2 Å². The van der Waals surface area contributed by atoms with Crippen molar-refractivity contribution in [3.05, 3.63) is 0 Å². The van der Waals surface area contributed by atoms with E-state index in [4.69, 9.17) is 10.7 Å². The summed E-state index contributed by atoms with van der Waals surface area (Å²) >= 11 is 0. The average Bonchev–Trinajstić information content (AvgIpc) is 2.59. The van der Waals surface area contributed by atoms with E-state index in [1.807, 2.05) is 0 Å². The van der Waals surface area contributed by atoms with Crippen molar-refractivity contribution in [3.8, 4) is 6.07 Å². The summed E-state index contributed by atoms with van der Waals surface area (Å²) in [6.07, 6.45) is 0. The molecule has 9 heteroatoms. The van der Waals surface area contributed by atoms with E-state index >= 15 is 0 Å². The highest BCUT2D eigenvalue weighted by molar-refractivity contribution is 6.08. The molecule has 0 aromatic heterocycles. The number of carbonyl (C=O) groups is 4. The van der Waals surface area contributed by atoms with E-state index in [0.717, 1.165) is 0 Å². The first-order valence-corrected chi connectivity index (χ1v) is 6.37. The summed E-state index contributed by atoms with van der Waals surface area (Å²) in [5.41, 5.74) is -1.25. The molecule has 3 amide bonds. The van der Waals surface area contributed by atoms with Crippen LogP contribution in [0.25, 0.3) is 0 Å². The van der Waals surface area contributed by atoms with Crippen LogP contribution in [-0.4, -0.2) is 53.0 Å². The number of nitrogens with zero attached hydrogens (tertiary/aromatic N) is 2. The number of esters is 1. The largest absolute Gasteiger partial charge is 0.456 e. The van der Waals surface area contributed by atoms with E-state index in [9.17, 15) is 19.2 Å². The first-order valence-electron chi connectivity index (χ1n) is 6.37. The molecule has 22 heavy (non-hydrogen) atoms. The van der Waals surface area contributed by atoms with Gasteiger partial charge in [-0.2, -0.15) is 5.26 Å². The number of urea groups is 1. The average molecular weight is 308 g/mol. The van der Waals surface area contributed by atoms with E-state index in [2.05, 4.69) is 10.1 Å². The van der Waals surface area contributed by atoms with Crippen LogP contribution < -0.4 is 5.32 Å². The number of nitriles is 1. The zero-order valence-electron chi connectivity index (χ0n) is 12.4. The molecule has 0 aliphatic carbocycles. The van der Waals surface area contributed by atoms with Gasteiger partial charge in [0.25, 0.3) is 5.91 Å². The molecule has 0 saturated carbocycles. The molecule has 1 unspecified atom stereocenters. The number of rotatable bonds is 6. The zero-order chi connectivity index (χ0) is 17.1. The molecule has 1 atom stereocenters. The minimum atomic E-state index is -1.27. The Morgan fingerprint density at radius 3 is 2.45 bits per heavy atom. The maximum atomic E-state index is 11.9. The van der Waals surface area contributed by atoms with E-state index in [1.54, 1.807) is 6.07 Å². The molecule has 1 rings (SSSR count). The predicted molar refractivity (Wildman–Crippen MR) is 72.8 cm³/mol. The monoisotopic (exact) mass is 308 g/mol. The molecule has 1 aliphatic heterocycles. The van der Waals surface area contributed by atoms with Crippen LogP contribution >= 0.6 is 0 Å². The molecular formula is C13H16N4O5. The lowest BCUT2D eigenvalue weighted by atomic mass is 10.0. The number of Topliss-reactive ketones (excluding diaryl/α,β-unsaturated/α-hetero) is 1. The fraction of sp³-hybridized carbons (Fsp3) is 0.538. The maximum Gasteiger partial charge on any atom is 0.326 e. The van der Waals surface area contributed by atoms with Crippen molar-refractivity contribution in [2.45, 2.75) is 26.3 Å². The molecule has 118 valence electrons. The minimum Gasteiger partial charge on any atom is -0.456 e. The van der Waals surface area contributed by atoms with E-state index in [0.29, 0.717) is 4.90 Å². The lowest BCUT2D eigenvalue weighted by Crippen LogP contribution is -2.41. The van der Waals surface area contributed by atoms with Gasteiger partial charge in [-0.3, -0.25) is 19.3 Å². The van der Waals surface area contributed by atoms with Gasteiger partial charge in [0, 0.05) is 5.71 Å². The van der Waals surface area contributed by atoms with Crippen molar-refractivity contribution in [1.82, 2.24) is 10.2 Å².